The summed E-state index contributed by atoms with van der Waals surface area (Å²) in [5.74, 6) is 0.547. The molecule has 2 heterocycles. The lowest BCUT2D eigenvalue weighted by Crippen LogP contribution is -2.36. The Kier molecular flexibility index (Phi) is 7.22. The van der Waals surface area contributed by atoms with Gasteiger partial charge in [0.15, 0.2) is 0 Å². The number of hydrogen-bond donors (Lipinski definition) is 1. The van der Waals surface area contributed by atoms with Crippen LogP contribution in [0, 0.1) is 6.92 Å². The van der Waals surface area contributed by atoms with Crippen LogP contribution >= 0.6 is 22.9 Å². The predicted octanol–water partition coefficient (Wildman–Crippen LogP) is 5.25. The Morgan fingerprint density at radius 3 is 2.77 bits per heavy atom. The molecule has 1 N–H and O–H groups in total. The lowest BCUT2D eigenvalue weighted by molar-refractivity contribution is 0.0937. The lowest BCUT2D eigenvalue weighted by atomic mass is 10.1. The number of nitrogens with zero attached hydrogens (tertiary/aromatic N) is 2. The Balaban J connectivity index is 1.40. The lowest BCUT2D eigenvalue weighted by Gasteiger charge is -2.28. The molecule has 3 aromatic rings. The highest BCUT2D eigenvalue weighted by atomic mass is 35.5. The molecule has 5 nitrogen and oxygen atoms in total. The maximum Gasteiger partial charge on any atom is 0.251 e. The van der Waals surface area contributed by atoms with Gasteiger partial charge in [0.2, 0.25) is 0 Å². The third-order valence-electron chi connectivity index (χ3n) is 5.42. The Morgan fingerprint density at radius 2 is 2.03 bits per heavy atom. The molecule has 31 heavy (non-hydrogen) atoms. The fraction of sp³-hybridized carbons (Fsp3) is 0.333. The van der Waals surface area contributed by atoms with Gasteiger partial charge in [0, 0.05) is 22.5 Å². The third kappa shape index (κ3) is 5.85. The first-order chi connectivity index (χ1) is 15.1. The standard InChI is InChI=1S/C24H26ClN3O2S/c1-17-27-21(16-31-17)15-30-22-9-5-7-19(13-22)24(29)26-14-23(28-10-2-3-11-28)18-6-4-8-20(25)12-18/h4-9,12-13,16,23H,2-3,10-11,14-15H2,1H3,(H,26,29). The topological polar surface area (TPSA) is 54.5 Å². The number of carbonyl (C=O) groups excluding carboxylic acids is 1. The van der Waals surface area contributed by atoms with E-state index in [0.717, 1.165) is 29.4 Å². The molecule has 1 aliphatic heterocycles. The van der Waals surface area contributed by atoms with E-state index in [-0.39, 0.29) is 11.9 Å². The van der Waals surface area contributed by atoms with Gasteiger partial charge in [-0.3, -0.25) is 9.69 Å². The number of ether oxygens (including phenoxy) is 1. The summed E-state index contributed by atoms with van der Waals surface area (Å²) in [7, 11) is 0. The fourth-order valence-corrected chi connectivity index (χ4v) is 4.67. The summed E-state index contributed by atoms with van der Waals surface area (Å²) >= 11 is 7.82. The molecule has 7 heteroatoms. The van der Waals surface area contributed by atoms with Crippen molar-refractivity contribution in [2.24, 2.45) is 0 Å². The molecule has 2 aromatic carbocycles. The molecule has 1 aromatic heterocycles. The van der Waals surface area contributed by atoms with Crippen LogP contribution in [0.5, 0.6) is 5.75 Å². The van der Waals surface area contributed by atoms with Crippen LogP contribution in [0.2, 0.25) is 5.02 Å². The molecule has 1 unspecified atom stereocenters. The second kappa shape index (κ2) is 10.3. The zero-order chi connectivity index (χ0) is 21.6. The highest BCUT2D eigenvalue weighted by Gasteiger charge is 2.24. The Hall–Kier alpha value is -2.41. The maximum atomic E-state index is 12.9. The van der Waals surface area contributed by atoms with E-state index in [2.05, 4.69) is 21.3 Å². The van der Waals surface area contributed by atoms with Crippen LogP contribution in [0.25, 0.3) is 0 Å². The molecule has 0 spiro atoms. The van der Waals surface area contributed by atoms with Gasteiger partial charge < -0.3 is 10.1 Å². The first kappa shape index (κ1) is 21.8. The number of carbonyl (C=O) groups is 1. The van der Waals surface area contributed by atoms with Crippen molar-refractivity contribution in [1.29, 1.82) is 0 Å². The molecule has 1 fully saturated rings. The van der Waals surface area contributed by atoms with Crippen LogP contribution in [0.3, 0.4) is 0 Å². The molecule has 0 saturated carbocycles. The second-order valence-corrected chi connectivity index (χ2v) is 9.20. The summed E-state index contributed by atoms with van der Waals surface area (Å²) in [6.07, 6.45) is 2.37. The van der Waals surface area contributed by atoms with Gasteiger partial charge in [-0.1, -0.05) is 29.8 Å². The number of amides is 1. The van der Waals surface area contributed by atoms with Gasteiger partial charge in [0.05, 0.1) is 16.7 Å². The number of thiazole rings is 1. The van der Waals surface area contributed by atoms with E-state index in [1.165, 1.54) is 12.8 Å². The van der Waals surface area contributed by atoms with Crippen LogP contribution in [0.1, 0.15) is 45.5 Å². The van der Waals surface area contributed by atoms with Crippen LogP contribution < -0.4 is 10.1 Å². The minimum Gasteiger partial charge on any atom is -0.487 e. The SMILES string of the molecule is Cc1nc(COc2cccc(C(=O)NCC(c3cccc(Cl)c3)N3CCCC3)c2)cs1. The summed E-state index contributed by atoms with van der Waals surface area (Å²) in [4.78, 5) is 19.7. The quantitative estimate of drug-likeness (QED) is 0.504. The van der Waals surface area contributed by atoms with Gasteiger partial charge in [-0.05, 0) is 68.8 Å². The van der Waals surface area contributed by atoms with Gasteiger partial charge >= 0.3 is 0 Å². The largest absolute Gasteiger partial charge is 0.487 e. The minimum absolute atomic E-state index is 0.109. The van der Waals surface area contributed by atoms with Crippen molar-refractivity contribution < 1.29 is 9.53 Å². The molecule has 1 saturated heterocycles. The normalized spacial score (nSPS) is 15.0. The molecule has 1 aliphatic rings. The van der Waals surface area contributed by atoms with Gasteiger partial charge in [-0.15, -0.1) is 11.3 Å². The molecule has 0 radical (unpaired) electrons. The summed E-state index contributed by atoms with van der Waals surface area (Å²) in [6.45, 7) is 4.96. The highest BCUT2D eigenvalue weighted by molar-refractivity contribution is 7.09. The van der Waals surface area contributed by atoms with Crippen molar-refractivity contribution in [2.45, 2.75) is 32.4 Å². The van der Waals surface area contributed by atoms with E-state index in [9.17, 15) is 4.79 Å². The van der Waals surface area contributed by atoms with Crippen LogP contribution in [0.15, 0.2) is 53.9 Å². The Bertz CT molecular complexity index is 1030. The molecule has 1 atom stereocenters. The number of nitrogens with one attached hydrogen (secondary N) is 1. The van der Waals surface area contributed by atoms with E-state index in [1.54, 1.807) is 23.5 Å². The molecule has 1 amide bonds. The minimum atomic E-state index is -0.110. The molecular weight excluding hydrogens is 430 g/mol. The second-order valence-electron chi connectivity index (χ2n) is 7.70. The third-order valence-corrected chi connectivity index (χ3v) is 6.48. The summed E-state index contributed by atoms with van der Waals surface area (Å²) in [5, 5.41) is 6.82. The number of likely N-dealkylation sites (tertiary alicyclic amines) is 1. The Labute approximate surface area is 192 Å². The van der Waals surface area contributed by atoms with Gasteiger partial charge in [0.1, 0.15) is 12.4 Å². The summed E-state index contributed by atoms with van der Waals surface area (Å²) < 4.78 is 5.83. The van der Waals surface area contributed by atoms with E-state index < -0.39 is 0 Å². The van der Waals surface area contributed by atoms with Gasteiger partial charge in [-0.2, -0.15) is 0 Å². The number of aryl methyl sites for hydroxylation is 1. The van der Waals surface area contributed by atoms with Gasteiger partial charge in [-0.25, -0.2) is 4.98 Å². The summed E-state index contributed by atoms with van der Waals surface area (Å²) in [5.41, 5.74) is 2.61. The Morgan fingerprint density at radius 1 is 1.23 bits per heavy atom. The van der Waals surface area contributed by atoms with Gasteiger partial charge in [0.25, 0.3) is 5.91 Å². The van der Waals surface area contributed by atoms with Crippen molar-refractivity contribution in [3.8, 4) is 5.75 Å². The first-order valence-corrected chi connectivity index (χ1v) is 11.8. The number of benzene rings is 2. The van der Waals surface area contributed by atoms with E-state index in [0.29, 0.717) is 29.5 Å². The average molecular weight is 456 g/mol. The van der Waals surface area contributed by atoms with E-state index in [4.69, 9.17) is 16.3 Å². The first-order valence-electron chi connectivity index (χ1n) is 10.5. The van der Waals surface area contributed by atoms with Crippen molar-refractivity contribution in [1.82, 2.24) is 15.2 Å². The van der Waals surface area contributed by atoms with Crippen LogP contribution in [-0.2, 0) is 6.61 Å². The van der Waals surface area contributed by atoms with Crippen molar-refractivity contribution in [2.75, 3.05) is 19.6 Å². The summed E-state index contributed by atoms with van der Waals surface area (Å²) in [6, 6.07) is 15.3. The molecule has 162 valence electrons. The van der Waals surface area contributed by atoms with Crippen LogP contribution in [0.4, 0.5) is 0 Å². The zero-order valence-electron chi connectivity index (χ0n) is 17.5. The van der Waals surface area contributed by atoms with Crippen molar-refractivity contribution in [3.05, 3.63) is 80.8 Å². The number of halogens is 1. The zero-order valence-corrected chi connectivity index (χ0v) is 19.1. The number of aromatic nitrogens is 1. The molecular formula is C24H26ClN3O2S. The monoisotopic (exact) mass is 455 g/mol. The number of rotatable bonds is 8. The molecule has 4 rings (SSSR count). The fourth-order valence-electron chi connectivity index (χ4n) is 3.88. The predicted molar refractivity (Wildman–Crippen MR) is 125 cm³/mol. The van der Waals surface area contributed by atoms with E-state index >= 15 is 0 Å². The highest BCUT2D eigenvalue weighted by Crippen LogP contribution is 2.26. The van der Waals surface area contributed by atoms with E-state index in [1.807, 2.05) is 42.6 Å². The average Bonchev–Trinajstić information content (AvgIpc) is 3.45. The number of hydrogen-bond acceptors (Lipinski definition) is 5. The van der Waals surface area contributed by atoms with Crippen LogP contribution in [-0.4, -0.2) is 35.4 Å². The van der Waals surface area contributed by atoms with Crippen molar-refractivity contribution >= 4 is 28.8 Å². The van der Waals surface area contributed by atoms with Crippen molar-refractivity contribution in [3.63, 3.8) is 0 Å². The smallest absolute Gasteiger partial charge is 0.251 e. The molecule has 0 aliphatic carbocycles. The maximum absolute atomic E-state index is 12.9. The molecule has 0 bridgehead atoms.